The Hall–Kier alpha value is -1.71. The van der Waals surface area contributed by atoms with Gasteiger partial charge in [-0.05, 0) is 12.1 Å². The van der Waals surface area contributed by atoms with E-state index in [9.17, 15) is 0 Å². The lowest BCUT2D eigenvalue weighted by Gasteiger charge is -1.95. The largest absolute Gasteiger partial charge is 0.479 e. The van der Waals surface area contributed by atoms with Gasteiger partial charge in [0.25, 0.3) is 0 Å². The molecule has 2 rings (SSSR count). The van der Waals surface area contributed by atoms with Crippen molar-refractivity contribution in [2.45, 2.75) is 0 Å². The molecule has 0 spiro atoms. The zero-order valence-corrected chi connectivity index (χ0v) is 6.50. The first-order valence-electron chi connectivity index (χ1n) is 3.45. The molecule has 0 saturated carbocycles. The zero-order valence-electron chi connectivity index (χ0n) is 6.50. The van der Waals surface area contributed by atoms with Gasteiger partial charge in [-0.2, -0.15) is 4.98 Å². The van der Waals surface area contributed by atoms with Gasteiger partial charge in [-0.1, -0.05) is 0 Å². The van der Waals surface area contributed by atoms with Gasteiger partial charge in [0.15, 0.2) is 12.1 Å². The van der Waals surface area contributed by atoms with Gasteiger partial charge in [0.1, 0.15) is 5.69 Å². The maximum Gasteiger partial charge on any atom is 0.243 e. The average Bonchev–Trinajstić information content (AvgIpc) is 2.74. The van der Waals surface area contributed by atoms with Crippen LogP contribution < -0.4 is 4.74 Å². The summed E-state index contributed by atoms with van der Waals surface area (Å²) in [5, 5.41) is 0. The molecule has 0 aliphatic carbocycles. The van der Waals surface area contributed by atoms with Crippen molar-refractivity contribution in [3.63, 3.8) is 0 Å². The monoisotopic (exact) mass is 163 g/mol. The van der Waals surface area contributed by atoms with Crippen LogP contribution in [0, 0.1) is 6.33 Å². The summed E-state index contributed by atoms with van der Waals surface area (Å²) in [5.41, 5.74) is 0.711. The van der Waals surface area contributed by atoms with Gasteiger partial charge in [-0.25, -0.2) is 0 Å². The van der Waals surface area contributed by atoms with Crippen molar-refractivity contribution in [1.82, 2.24) is 9.97 Å². The molecule has 1 radical (unpaired) electrons. The molecule has 1 N–H and O–H groups in total. The Kier molecular flexibility index (Phi) is 1.59. The number of imidazole rings is 1. The second kappa shape index (κ2) is 2.73. The van der Waals surface area contributed by atoms with E-state index in [1.807, 2.05) is 6.07 Å². The van der Waals surface area contributed by atoms with Crippen LogP contribution in [0.2, 0.25) is 0 Å². The first-order valence-corrected chi connectivity index (χ1v) is 3.45. The second-order valence-corrected chi connectivity index (χ2v) is 2.21. The molecule has 0 aromatic carbocycles. The van der Waals surface area contributed by atoms with E-state index in [2.05, 4.69) is 16.3 Å². The molecule has 0 fully saturated rings. The van der Waals surface area contributed by atoms with Crippen molar-refractivity contribution < 1.29 is 9.15 Å². The lowest BCUT2D eigenvalue weighted by molar-refractivity contribution is 0.400. The predicted octanol–water partition coefficient (Wildman–Crippen LogP) is 1.48. The van der Waals surface area contributed by atoms with Gasteiger partial charge in [-0.15, -0.1) is 0 Å². The highest BCUT2D eigenvalue weighted by atomic mass is 16.5. The van der Waals surface area contributed by atoms with Crippen LogP contribution in [0.3, 0.4) is 0 Å². The van der Waals surface area contributed by atoms with E-state index < -0.39 is 0 Å². The van der Waals surface area contributed by atoms with Gasteiger partial charge in [0, 0.05) is 0 Å². The molecule has 4 heteroatoms. The first-order chi connectivity index (χ1) is 5.92. The summed E-state index contributed by atoms with van der Waals surface area (Å²) in [6, 6.07) is 3.62. The van der Waals surface area contributed by atoms with Crippen LogP contribution in [-0.4, -0.2) is 17.1 Å². The average molecular weight is 163 g/mol. The molecule has 0 saturated heterocycles. The van der Waals surface area contributed by atoms with Crippen molar-refractivity contribution in [2.24, 2.45) is 0 Å². The van der Waals surface area contributed by atoms with Crippen molar-refractivity contribution >= 4 is 0 Å². The van der Waals surface area contributed by atoms with Gasteiger partial charge >= 0.3 is 0 Å². The third kappa shape index (κ3) is 0.972. The normalized spacial score (nSPS) is 10.1. The molecule has 4 nitrogen and oxygen atoms in total. The quantitative estimate of drug-likeness (QED) is 0.729. The number of nitrogens with one attached hydrogen (secondary N) is 1. The van der Waals surface area contributed by atoms with Gasteiger partial charge in [-0.3, -0.25) is 0 Å². The Balaban J connectivity index is 2.46. The Bertz CT molecular complexity index is 351. The number of methoxy groups -OCH3 is 1. The van der Waals surface area contributed by atoms with E-state index in [0.29, 0.717) is 17.3 Å². The van der Waals surface area contributed by atoms with Crippen LogP contribution in [0.1, 0.15) is 0 Å². The fourth-order valence-electron chi connectivity index (χ4n) is 0.980. The van der Waals surface area contributed by atoms with Gasteiger partial charge in [0.2, 0.25) is 5.88 Å². The zero-order chi connectivity index (χ0) is 8.39. The highest BCUT2D eigenvalue weighted by Gasteiger charge is 2.10. The van der Waals surface area contributed by atoms with Crippen molar-refractivity contribution in [3.05, 3.63) is 24.7 Å². The number of H-pyrrole nitrogens is 1. The van der Waals surface area contributed by atoms with Crippen molar-refractivity contribution in [1.29, 1.82) is 0 Å². The van der Waals surface area contributed by atoms with E-state index in [1.165, 1.54) is 0 Å². The van der Waals surface area contributed by atoms with Gasteiger partial charge in [0.05, 0.1) is 13.4 Å². The van der Waals surface area contributed by atoms with Crippen LogP contribution >= 0.6 is 0 Å². The Morgan fingerprint density at radius 3 is 3.25 bits per heavy atom. The number of aromatic amines is 1. The van der Waals surface area contributed by atoms with Crippen LogP contribution in [0.25, 0.3) is 11.5 Å². The molecule has 0 amide bonds. The molecule has 0 aliphatic heterocycles. The minimum absolute atomic E-state index is 0.491. The highest BCUT2D eigenvalue weighted by molar-refractivity contribution is 5.57. The molecule has 0 unspecified atom stereocenters. The Labute approximate surface area is 69.2 Å². The summed E-state index contributed by atoms with van der Waals surface area (Å²) < 4.78 is 10.1. The number of hydrogen-bond acceptors (Lipinski definition) is 3. The summed E-state index contributed by atoms with van der Waals surface area (Å²) in [4.78, 5) is 6.63. The first kappa shape index (κ1) is 6.97. The molecule has 2 aromatic rings. The van der Waals surface area contributed by atoms with Crippen molar-refractivity contribution in [3.8, 4) is 17.3 Å². The summed E-state index contributed by atoms with van der Waals surface area (Å²) in [7, 11) is 1.55. The number of nitrogens with zero attached hydrogens (tertiary/aromatic N) is 1. The number of hydrogen-bond donors (Lipinski definition) is 1. The second-order valence-electron chi connectivity index (χ2n) is 2.21. The standard InChI is InChI=1S/C8H7N2O2/c1-11-8-7(9-5-10-8)6-3-2-4-12-6/h2-4H,1H3,(H,9,10). The number of furan rings is 1. The fourth-order valence-corrected chi connectivity index (χ4v) is 0.980. The lowest BCUT2D eigenvalue weighted by atomic mass is 10.3. The fraction of sp³-hybridized carbons (Fsp3) is 0.125. The van der Waals surface area contributed by atoms with Crippen LogP contribution in [0.4, 0.5) is 0 Å². The van der Waals surface area contributed by atoms with Crippen LogP contribution in [0.15, 0.2) is 22.8 Å². The maximum absolute atomic E-state index is 5.15. The molecule has 2 aromatic heterocycles. The van der Waals surface area contributed by atoms with E-state index in [-0.39, 0.29) is 0 Å². The minimum Gasteiger partial charge on any atom is -0.479 e. The number of rotatable bonds is 2. The summed E-state index contributed by atoms with van der Waals surface area (Å²) in [5.74, 6) is 1.19. The SMILES string of the molecule is COc1n[c][nH]c1-c1ccco1. The maximum atomic E-state index is 5.15. The topological polar surface area (TPSA) is 51.0 Å². The summed E-state index contributed by atoms with van der Waals surface area (Å²) in [6.07, 6.45) is 4.17. The van der Waals surface area contributed by atoms with E-state index in [1.54, 1.807) is 19.4 Å². The third-order valence-electron chi connectivity index (χ3n) is 1.51. The molecular formula is C8H7N2O2. The Morgan fingerprint density at radius 2 is 2.58 bits per heavy atom. The number of ether oxygens (including phenoxy) is 1. The summed E-state index contributed by atoms with van der Waals surface area (Å²) >= 11 is 0. The molecule has 2 heterocycles. The molecule has 0 bridgehead atoms. The van der Waals surface area contributed by atoms with Crippen molar-refractivity contribution in [2.75, 3.05) is 7.11 Å². The van der Waals surface area contributed by atoms with E-state index >= 15 is 0 Å². The smallest absolute Gasteiger partial charge is 0.243 e. The summed E-state index contributed by atoms with van der Waals surface area (Å²) in [6.45, 7) is 0. The van der Waals surface area contributed by atoms with Crippen LogP contribution in [-0.2, 0) is 0 Å². The number of aromatic nitrogens is 2. The molecule has 0 aliphatic rings. The molecular weight excluding hydrogens is 156 g/mol. The predicted molar refractivity (Wildman–Crippen MR) is 41.7 cm³/mol. The molecule has 61 valence electrons. The third-order valence-corrected chi connectivity index (χ3v) is 1.51. The molecule has 12 heavy (non-hydrogen) atoms. The van der Waals surface area contributed by atoms with Gasteiger partial charge < -0.3 is 14.1 Å². The van der Waals surface area contributed by atoms with Crippen LogP contribution in [0.5, 0.6) is 5.88 Å². The molecule has 0 atom stereocenters. The van der Waals surface area contributed by atoms with E-state index in [0.717, 1.165) is 0 Å². The Morgan fingerprint density at radius 1 is 1.67 bits per heavy atom. The van der Waals surface area contributed by atoms with E-state index in [4.69, 9.17) is 9.15 Å². The lowest BCUT2D eigenvalue weighted by Crippen LogP contribution is -1.84. The minimum atomic E-state index is 0.491. The highest BCUT2D eigenvalue weighted by Crippen LogP contribution is 2.25.